The van der Waals surface area contributed by atoms with Gasteiger partial charge in [0.2, 0.25) is 0 Å². The molecule has 13 heavy (non-hydrogen) atoms. The van der Waals surface area contributed by atoms with E-state index >= 15 is 0 Å². The molecule has 4 atom stereocenters. The molecule has 74 valence electrons. The third kappa shape index (κ3) is 0.971. The largest absolute Gasteiger partial charge is 0.381 e. The van der Waals surface area contributed by atoms with Crippen LogP contribution in [0.2, 0.25) is 0 Å². The fourth-order valence-corrected chi connectivity index (χ4v) is 4.78. The van der Waals surface area contributed by atoms with Gasteiger partial charge in [-0.3, -0.25) is 0 Å². The lowest BCUT2D eigenvalue weighted by Gasteiger charge is -2.35. The Bertz CT molecular complexity index is 237. The summed E-state index contributed by atoms with van der Waals surface area (Å²) in [6, 6.07) is 0. The van der Waals surface area contributed by atoms with Crippen molar-refractivity contribution < 1.29 is 4.74 Å². The van der Waals surface area contributed by atoms with Gasteiger partial charge in [0, 0.05) is 7.11 Å². The van der Waals surface area contributed by atoms with Crippen LogP contribution in [0.3, 0.4) is 0 Å². The average molecular weight is 180 g/mol. The lowest BCUT2D eigenvalue weighted by molar-refractivity contribution is 0.0120. The monoisotopic (exact) mass is 180 g/mol. The minimum absolute atomic E-state index is 0.588. The fourth-order valence-electron chi connectivity index (χ4n) is 4.78. The maximum atomic E-state index is 5.71. The van der Waals surface area contributed by atoms with Gasteiger partial charge in [-0.1, -0.05) is 6.92 Å². The summed E-state index contributed by atoms with van der Waals surface area (Å²) in [5.74, 6) is 1.04. The summed E-state index contributed by atoms with van der Waals surface area (Å²) in [6.45, 7) is 2.48. The fraction of sp³-hybridized carbons (Fsp3) is 1.00. The smallest absolute Gasteiger partial charge is 0.0633 e. The molecule has 0 N–H and O–H groups in total. The third-order valence-corrected chi connectivity index (χ3v) is 4.95. The van der Waals surface area contributed by atoms with Crippen LogP contribution < -0.4 is 0 Å². The van der Waals surface area contributed by atoms with Crippen LogP contribution >= 0.6 is 0 Å². The molecule has 0 amide bonds. The highest BCUT2D eigenvalue weighted by molar-refractivity contribution is 5.10. The maximum absolute atomic E-state index is 5.71. The Morgan fingerprint density at radius 2 is 2.08 bits per heavy atom. The molecular weight excluding hydrogens is 160 g/mol. The normalized spacial score (nSPS) is 58.6. The summed E-state index contributed by atoms with van der Waals surface area (Å²) >= 11 is 0. The zero-order valence-corrected chi connectivity index (χ0v) is 8.81. The molecule has 3 saturated carbocycles. The van der Waals surface area contributed by atoms with Crippen molar-refractivity contribution in [2.45, 2.75) is 51.6 Å². The number of hydrogen-bond acceptors (Lipinski definition) is 1. The van der Waals surface area contributed by atoms with Gasteiger partial charge in [-0.05, 0) is 55.3 Å². The molecule has 3 fully saturated rings. The van der Waals surface area contributed by atoms with Gasteiger partial charge in [0.15, 0.2) is 0 Å². The second kappa shape index (κ2) is 2.31. The molecule has 0 aromatic heterocycles. The predicted octanol–water partition coefficient (Wildman–Crippen LogP) is 2.99. The molecule has 3 rings (SSSR count). The van der Waals surface area contributed by atoms with E-state index in [-0.39, 0.29) is 0 Å². The number of methoxy groups -OCH3 is 1. The van der Waals surface area contributed by atoms with Crippen molar-refractivity contribution in [2.75, 3.05) is 7.11 Å². The van der Waals surface area contributed by atoms with E-state index in [9.17, 15) is 0 Å². The average Bonchev–Trinajstić information content (AvgIpc) is 2.49. The SMILES string of the molecule is COC1C[C@@]2(C)CC3CCC1(C3)C2. The summed E-state index contributed by atoms with van der Waals surface area (Å²) in [6.07, 6.45) is 9.26. The van der Waals surface area contributed by atoms with Gasteiger partial charge in [0.25, 0.3) is 0 Å². The molecular formula is C12H20O. The van der Waals surface area contributed by atoms with E-state index in [0.29, 0.717) is 16.9 Å². The first-order valence-electron chi connectivity index (χ1n) is 5.69. The highest BCUT2D eigenvalue weighted by Gasteiger charge is 2.60. The minimum Gasteiger partial charge on any atom is -0.381 e. The lowest BCUT2D eigenvalue weighted by Crippen LogP contribution is -2.30. The van der Waals surface area contributed by atoms with Gasteiger partial charge >= 0.3 is 0 Å². The van der Waals surface area contributed by atoms with Crippen molar-refractivity contribution in [1.82, 2.24) is 0 Å². The van der Waals surface area contributed by atoms with Crippen LogP contribution in [0.25, 0.3) is 0 Å². The van der Waals surface area contributed by atoms with Crippen molar-refractivity contribution in [1.29, 1.82) is 0 Å². The third-order valence-electron chi connectivity index (χ3n) is 4.95. The van der Waals surface area contributed by atoms with Crippen LogP contribution in [0.4, 0.5) is 0 Å². The van der Waals surface area contributed by atoms with Crippen LogP contribution in [0.15, 0.2) is 0 Å². The Morgan fingerprint density at radius 1 is 1.23 bits per heavy atom. The molecule has 0 saturated heterocycles. The number of ether oxygens (including phenoxy) is 1. The Balaban J connectivity index is 1.98. The van der Waals surface area contributed by atoms with Gasteiger partial charge in [-0.2, -0.15) is 0 Å². The molecule has 0 aromatic carbocycles. The van der Waals surface area contributed by atoms with Crippen molar-refractivity contribution in [3.63, 3.8) is 0 Å². The van der Waals surface area contributed by atoms with E-state index in [4.69, 9.17) is 4.74 Å². The highest BCUT2D eigenvalue weighted by Crippen LogP contribution is 2.67. The van der Waals surface area contributed by atoms with Crippen LogP contribution in [0, 0.1) is 16.7 Å². The number of rotatable bonds is 1. The quantitative estimate of drug-likeness (QED) is 0.602. The van der Waals surface area contributed by atoms with Crippen molar-refractivity contribution in [3.05, 3.63) is 0 Å². The van der Waals surface area contributed by atoms with E-state index in [1.54, 1.807) is 0 Å². The van der Waals surface area contributed by atoms with Crippen LogP contribution in [-0.2, 0) is 4.74 Å². The number of hydrogen-bond donors (Lipinski definition) is 0. The second-order valence-corrected chi connectivity index (χ2v) is 6.09. The van der Waals surface area contributed by atoms with Crippen molar-refractivity contribution >= 4 is 0 Å². The first kappa shape index (κ1) is 8.28. The van der Waals surface area contributed by atoms with Gasteiger partial charge in [-0.25, -0.2) is 0 Å². The molecule has 0 heterocycles. The van der Waals surface area contributed by atoms with Gasteiger partial charge < -0.3 is 4.74 Å². The Morgan fingerprint density at radius 3 is 2.85 bits per heavy atom. The molecule has 0 aromatic rings. The first-order chi connectivity index (χ1) is 6.16. The van der Waals surface area contributed by atoms with E-state index < -0.39 is 0 Å². The zero-order valence-electron chi connectivity index (χ0n) is 8.81. The van der Waals surface area contributed by atoms with E-state index in [0.717, 1.165) is 5.92 Å². The van der Waals surface area contributed by atoms with Gasteiger partial charge in [0.05, 0.1) is 6.10 Å². The van der Waals surface area contributed by atoms with Crippen molar-refractivity contribution in [2.24, 2.45) is 16.7 Å². The van der Waals surface area contributed by atoms with Crippen LogP contribution in [-0.4, -0.2) is 13.2 Å². The Kier molecular flexibility index (Phi) is 1.47. The summed E-state index contributed by atoms with van der Waals surface area (Å²) in [5, 5.41) is 0. The first-order valence-corrected chi connectivity index (χ1v) is 5.69. The molecule has 3 bridgehead atoms. The summed E-state index contributed by atoms with van der Waals surface area (Å²) < 4.78 is 5.71. The molecule has 3 aliphatic rings. The lowest BCUT2D eigenvalue weighted by atomic mass is 9.70. The van der Waals surface area contributed by atoms with Crippen molar-refractivity contribution in [3.8, 4) is 0 Å². The highest BCUT2D eigenvalue weighted by atomic mass is 16.5. The minimum atomic E-state index is 0.588. The molecule has 1 spiro atoms. The molecule has 3 aliphatic carbocycles. The zero-order chi connectivity index (χ0) is 9.10. The van der Waals surface area contributed by atoms with Crippen LogP contribution in [0.1, 0.15) is 45.4 Å². The van der Waals surface area contributed by atoms with E-state index in [1.165, 1.54) is 38.5 Å². The maximum Gasteiger partial charge on any atom is 0.0633 e. The van der Waals surface area contributed by atoms with Gasteiger partial charge in [-0.15, -0.1) is 0 Å². The topological polar surface area (TPSA) is 9.23 Å². The van der Waals surface area contributed by atoms with E-state index in [1.807, 2.05) is 7.11 Å². The molecule has 0 radical (unpaired) electrons. The summed E-state index contributed by atoms with van der Waals surface area (Å²) in [5.41, 5.74) is 1.26. The molecule has 1 nitrogen and oxygen atoms in total. The number of fused-ring (bicyclic) bond motifs is 2. The summed E-state index contributed by atoms with van der Waals surface area (Å²) in [7, 11) is 1.91. The molecule has 0 aliphatic heterocycles. The Hall–Kier alpha value is -0.0400. The summed E-state index contributed by atoms with van der Waals surface area (Å²) in [4.78, 5) is 0. The molecule has 1 heteroatoms. The molecule has 3 unspecified atom stereocenters. The van der Waals surface area contributed by atoms with Crippen LogP contribution in [0.5, 0.6) is 0 Å². The van der Waals surface area contributed by atoms with Gasteiger partial charge in [0.1, 0.15) is 0 Å². The standard InChI is InChI=1S/C12H20O/c1-11-5-9-3-4-12(6-9,8-11)10(7-11)13-2/h9-10H,3-8H2,1-2H3/t9?,10?,11-,12?/m1/s1. The second-order valence-electron chi connectivity index (χ2n) is 6.09. The predicted molar refractivity (Wildman–Crippen MR) is 52.5 cm³/mol. The van der Waals surface area contributed by atoms with E-state index in [2.05, 4.69) is 6.92 Å². The Labute approximate surface area is 80.8 Å².